The van der Waals surface area contributed by atoms with Crippen molar-refractivity contribution in [2.75, 3.05) is 13.6 Å². The van der Waals surface area contributed by atoms with Crippen molar-refractivity contribution < 1.29 is 9.45 Å². The van der Waals surface area contributed by atoms with Crippen LogP contribution in [-0.4, -0.2) is 32.5 Å². The summed E-state index contributed by atoms with van der Waals surface area (Å²) in [6.45, 7) is 4.92. The van der Waals surface area contributed by atoms with Crippen molar-refractivity contribution in [3.05, 3.63) is 0 Å². The number of nitrogens with one attached hydrogen (secondary N) is 1. The second kappa shape index (κ2) is 8.74. The average Bonchev–Trinajstić information content (AvgIpc) is 2.25. The summed E-state index contributed by atoms with van der Waals surface area (Å²) >= 11 is 0. The van der Waals surface area contributed by atoms with E-state index in [0.717, 1.165) is 25.6 Å². The lowest BCUT2D eigenvalue weighted by atomic mass is 9.62. The summed E-state index contributed by atoms with van der Waals surface area (Å²) in [6, 6.07) is -0.473. The Kier molecular flexibility index (Phi) is 8.42. The van der Waals surface area contributed by atoms with E-state index in [-0.39, 0.29) is 12.9 Å². The van der Waals surface area contributed by atoms with Gasteiger partial charge < -0.3 is 15.7 Å². The molecule has 1 atom stereocenters. The van der Waals surface area contributed by atoms with Crippen molar-refractivity contribution in [1.82, 2.24) is 5.32 Å². The lowest BCUT2D eigenvalue weighted by Crippen LogP contribution is -2.36. The molecule has 0 aliphatic heterocycles. The van der Waals surface area contributed by atoms with Gasteiger partial charge in [0.05, 0.1) is 0 Å². The maximum atomic E-state index is 11.5. The van der Waals surface area contributed by atoms with Gasteiger partial charge >= 0.3 is 12.9 Å². The van der Waals surface area contributed by atoms with E-state index in [2.05, 4.69) is 5.32 Å². The SMILES string of the molecule is CCB(CC)OC(=O)[C@@H](N)CCCNC. The molecule has 88 valence electrons. The van der Waals surface area contributed by atoms with E-state index in [9.17, 15) is 4.79 Å². The van der Waals surface area contributed by atoms with Crippen LogP contribution >= 0.6 is 0 Å². The topological polar surface area (TPSA) is 64.3 Å². The van der Waals surface area contributed by atoms with Crippen LogP contribution in [0.5, 0.6) is 0 Å². The molecule has 0 aromatic rings. The van der Waals surface area contributed by atoms with Crippen LogP contribution in [0.15, 0.2) is 0 Å². The first-order chi connectivity index (χ1) is 7.15. The molecule has 0 bridgehead atoms. The Balaban J connectivity index is 3.77. The van der Waals surface area contributed by atoms with Gasteiger partial charge in [0.15, 0.2) is 0 Å². The maximum Gasteiger partial charge on any atom is 0.361 e. The predicted molar refractivity (Wildman–Crippen MR) is 63.9 cm³/mol. The third-order valence-corrected chi connectivity index (χ3v) is 2.44. The van der Waals surface area contributed by atoms with E-state index >= 15 is 0 Å². The number of hydrogen-bond acceptors (Lipinski definition) is 4. The van der Waals surface area contributed by atoms with Gasteiger partial charge in [-0.25, -0.2) is 0 Å². The van der Waals surface area contributed by atoms with Crippen molar-refractivity contribution in [2.45, 2.75) is 45.4 Å². The molecule has 0 saturated heterocycles. The van der Waals surface area contributed by atoms with Crippen molar-refractivity contribution in [3.63, 3.8) is 0 Å². The van der Waals surface area contributed by atoms with Crippen LogP contribution < -0.4 is 11.1 Å². The molecule has 0 aromatic heterocycles. The van der Waals surface area contributed by atoms with Crippen LogP contribution in [0.4, 0.5) is 0 Å². The van der Waals surface area contributed by atoms with Crippen molar-refractivity contribution in [3.8, 4) is 0 Å². The van der Waals surface area contributed by atoms with E-state index in [1.807, 2.05) is 20.9 Å². The molecule has 0 fully saturated rings. The highest BCUT2D eigenvalue weighted by molar-refractivity contribution is 6.53. The Morgan fingerprint density at radius 3 is 2.53 bits per heavy atom. The second-order valence-corrected chi connectivity index (χ2v) is 3.73. The molecule has 4 nitrogen and oxygen atoms in total. The summed E-state index contributed by atoms with van der Waals surface area (Å²) in [5, 5.41) is 3.02. The van der Waals surface area contributed by atoms with Crippen LogP contribution in [0.3, 0.4) is 0 Å². The third kappa shape index (κ3) is 6.52. The molecule has 0 aliphatic rings. The Labute approximate surface area is 93.0 Å². The van der Waals surface area contributed by atoms with Crippen LogP contribution in [0.25, 0.3) is 0 Å². The number of carbonyl (C=O) groups is 1. The summed E-state index contributed by atoms with van der Waals surface area (Å²) in [5.41, 5.74) is 5.71. The number of carbonyl (C=O) groups excluding carboxylic acids is 1. The van der Waals surface area contributed by atoms with Crippen LogP contribution in [0.1, 0.15) is 26.7 Å². The molecule has 0 rings (SSSR count). The fourth-order valence-corrected chi connectivity index (χ4v) is 1.32. The normalized spacial score (nSPS) is 12.3. The van der Waals surface area contributed by atoms with E-state index in [4.69, 9.17) is 10.4 Å². The van der Waals surface area contributed by atoms with E-state index in [1.54, 1.807) is 0 Å². The van der Waals surface area contributed by atoms with Gasteiger partial charge in [-0.15, -0.1) is 0 Å². The molecule has 5 heteroatoms. The molecule has 0 heterocycles. The summed E-state index contributed by atoms with van der Waals surface area (Å²) in [6.07, 6.45) is 3.28. The monoisotopic (exact) mass is 214 g/mol. The van der Waals surface area contributed by atoms with E-state index < -0.39 is 6.04 Å². The third-order valence-electron chi connectivity index (χ3n) is 2.44. The van der Waals surface area contributed by atoms with E-state index in [0.29, 0.717) is 6.42 Å². The number of hydrogen-bond donors (Lipinski definition) is 2. The van der Waals surface area contributed by atoms with Gasteiger partial charge in [0, 0.05) is 0 Å². The number of nitrogens with two attached hydrogens (primary N) is 1. The van der Waals surface area contributed by atoms with Gasteiger partial charge in [0.2, 0.25) is 0 Å². The summed E-state index contributed by atoms with van der Waals surface area (Å²) in [4.78, 5) is 11.5. The molecule has 15 heavy (non-hydrogen) atoms. The molecule has 0 aliphatic carbocycles. The lowest BCUT2D eigenvalue weighted by Gasteiger charge is -2.15. The van der Waals surface area contributed by atoms with Gasteiger partial charge in [-0.05, 0) is 39.1 Å². The van der Waals surface area contributed by atoms with Gasteiger partial charge in [0.25, 0.3) is 0 Å². The Morgan fingerprint density at radius 1 is 1.47 bits per heavy atom. The minimum Gasteiger partial charge on any atom is -0.535 e. The first-order valence-electron chi connectivity index (χ1n) is 5.76. The van der Waals surface area contributed by atoms with Crippen molar-refractivity contribution >= 4 is 12.9 Å². The Morgan fingerprint density at radius 2 is 2.07 bits per heavy atom. The zero-order valence-corrected chi connectivity index (χ0v) is 10.1. The smallest absolute Gasteiger partial charge is 0.361 e. The van der Waals surface area contributed by atoms with Crippen LogP contribution in [0, 0.1) is 0 Å². The van der Waals surface area contributed by atoms with Gasteiger partial charge in [-0.3, -0.25) is 4.79 Å². The summed E-state index contributed by atoms with van der Waals surface area (Å²) in [7, 11) is 1.88. The molecule has 0 unspecified atom stereocenters. The highest BCUT2D eigenvalue weighted by atomic mass is 16.5. The molecule has 0 saturated carbocycles. The quantitative estimate of drug-likeness (QED) is 0.465. The highest BCUT2D eigenvalue weighted by Crippen LogP contribution is 2.04. The highest BCUT2D eigenvalue weighted by Gasteiger charge is 2.20. The first-order valence-corrected chi connectivity index (χ1v) is 5.76. The van der Waals surface area contributed by atoms with Crippen molar-refractivity contribution in [1.29, 1.82) is 0 Å². The molecule has 0 radical (unpaired) electrons. The predicted octanol–water partition coefficient (Wildman–Crippen LogP) is 0.888. The first kappa shape index (κ1) is 14.5. The van der Waals surface area contributed by atoms with Gasteiger partial charge in [-0.1, -0.05) is 13.8 Å². The number of rotatable bonds is 8. The zero-order valence-electron chi connectivity index (χ0n) is 10.1. The van der Waals surface area contributed by atoms with Crippen molar-refractivity contribution in [2.24, 2.45) is 5.73 Å². The molecular weight excluding hydrogens is 191 g/mol. The molecular formula is C10H23BN2O2. The van der Waals surface area contributed by atoms with Crippen LogP contribution in [-0.2, 0) is 9.45 Å². The van der Waals surface area contributed by atoms with Crippen LogP contribution in [0.2, 0.25) is 12.6 Å². The van der Waals surface area contributed by atoms with E-state index in [1.165, 1.54) is 0 Å². The fourth-order valence-electron chi connectivity index (χ4n) is 1.32. The zero-order chi connectivity index (χ0) is 11.7. The summed E-state index contributed by atoms with van der Waals surface area (Å²) < 4.78 is 5.26. The maximum absolute atomic E-state index is 11.5. The molecule has 0 amide bonds. The second-order valence-electron chi connectivity index (χ2n) is 3.73. The largest absolute Gasteiger partial charge is 0.535 e. The van der Waals surface area contributed by atoms with Gasteiger partial charge in [0.1, 0.15) is 6.04 Å². The molecule has 0 aromatic carbocycles. The minimum atomic E-state index is -0.473. The molecule has 0 spiro atoms. The summed E-state index contributed by atoms with van der Waals surface area (Å²) in [5.74, 6) is -0.264. The Bertz CT molecular complexity index is 175. The standard InChI is InChI=1S/C10H23BN2O2/c1-4-11(5-2)15-10(14)9(12)7-6-8-13-3/h9,13H,4-8,12H2,1-3H3/t9-/m0/s1. The minimum absolute atomic E-state index is 0.0212. The fraction of sp³-hybridized carbons (Fsp3) is 0.900. The Hall–Kier alpha value is -0.545. The molecule has 3 N–H and O–H groups in total. The lowest BCUT2D eigenvalue weighted by molar-refractivity contribution is -0.136. The van der Waals surface area contributed by atoms with Gasteiger partial charge in [-0.2, -0.15) is 0 Å². The average molecular weight is 214 g/mol.